The van der Waals surface area contributed by atoms with Crippen LogP contribution in [0.3, 0.4) is 0 Å². The molecule has 11 aromatic carbocycles. The number of para-hydroxylation sites is 2. The quantitative estimate of drug-likeness (QED) is 0.0383. The highest BCUT2D eigenvalue weighted by atomic mass is 16.3. The highest BCUT2D eigenvalue weighted by Gasteiger charge is 2.51. The van der Waals surface area contributed by atoms with Gasteiger partial charge in [-0.2, -0.15) is 0 Å². The second-order valence-electron chi connectivity index (χ2n) is 34.8. The van der Waals surface area contributed by atoms with Crippen LogP contribution >= 0.6 is 0 Å². The van der Waals surface area contributed by atoms with Crippen molar-refractivity contribution in [1.29, 1.82) is 0 Å². The summed E-state index contributed by atoms with van der Waals surface area (Å²) in [5.41, 5.74) is 36.7. The summed E-state index contributed by atoms with van der Waals surface area (Å²) in [4.78, 5) is 0. The maximum Gasteiger partial charge on any atom is 0.143 e. The highest BCUT2D eigenvalue weighted by Crippen LogP contribution is 2.66. The van der Waals surface area contributed by atoms with Crippen LogP contribution in [0.5, 0.6) is 0 Å². The molecule has 0 fully saturated rings. The van der Waals surface area contributed by atoms with Gasteiger partial charge in [-0.3, -0.25) is 0 Å². The third kappa shape index (κ3) is 11.8. The van der Waals surface area contributed by atoms with Gasteiger partial charge in [-0.15, -0.1) is 0 Å². The van der Waals surface area contributed by atoms with Crippen LogP contribution in [0.15, 0.2) is 186 Å². The lowest BCUT2D eigenvalue weighted by molar-refractivity contribution is 0.394. The van der Waals surface area contributed by atoms with Crippen LogP contribution in [-0.2, 0) is 28.1 Å². The molecule has 1 aromatic heterocycles. The number of benzene rings is 11. The van der Waals surface area contributed by atoms with Gasteiger partial charge in [0.25, 0.3) is 0 Å². The lowest BCUT2D eigenvalue weighted by Crippen LogP contribution is -2.27. The summed E-state index contributed by atoms with van der Waals surface area (Å²) in [6, 6.07) is 73.3. The lowest BCUT2D eigenvalue weighted by atomic mass is 9.68. The van der Waals surface area contributed by atoms with Gasteiger partial charge < -0.3 is 4.42 Å². The van der Waals surface area contributed by atoms with Gasteiger partial charge >= 0.3 is 0 Å². The molecule has 0 saturated heterocycles. The number of rotatable bonds is 32. The van der Waals surface area contributed by atoms with Crippen LogP contribution in [0, 0.1) is 0 Å². The third-order valence-corrected chi connectivity index (χ3v) is 27.6. The van der Waals surface area contributed by atoms with E-state index in [2.05, 4.69) is 237 Å². The number of unbranched alkanes of at least 4 members (excludes halogenated alkanes) is 22. The molecule has 0 aliphatic heterocycles. The minimum absolute atomic E-state index is 0.126. The van der Waals surface area contributed by atoms with E-state index in [1.54, 1.807) is 38.9 Å². The van der Waals surface area contributed by atoms with Crippen LogP contribution in [0.25, 0.3) is 121 Å². The normalized spacial score (nSPS) is 15.2. The molecule has 0 spiro atoms. The fourth-order valence-corrected chi connectivity index (χ4v) is 21.9. The summed E-state index contributed by atoms with van der Waals surface area (Å²) in [6.07, 6.45) is 39.8. The zero-order valence-electron chi connectivity index (χ0n) is 65.6. The Kier molecular flexibility index (Phi) is 19.6. The predicted octanol–water partition coefficient (Wildman–Crippen LogP) is 31.7. The molecule has 1 nitrogen and oxygen atoms in total. The Labute approximate surface area is 635 Å². The van der Waals surface area contributed by atoms with E-state index in [1.807, 2.05) is 0 Å². The van der Waals surface area contributed by atoms with Gasteiger partial charge in [0, 0.05) is 38.0 Å². The van der Waals surface area contributed by atoms with Crippen LogP contribution < -0.4 is 0 Å². The summed E-state index contributed by atoms with van der Waals surface area (Å²) >= 11 is 0. The van der Waals surface area contributed by atoms with Gasteiger partial charge in [-0.25, -0.2) is 0 Å². The zero-order valence-corrected chi connectivity index (χ0v) is 65.6. The summed E-state index contributed by atoms with van der Waals surface area (Å²) in [7, 11) is 0. The molecule has 0 bridgehead atoms. The molecule has 1 heterocycles. The van der Waals surface area contributed by atoms with E-state index >= 15 is 0 Å². The Morgan fingerprint density at radius 3 is 1.04 bits per heavy atom. The van der Waals surface area contributed by atoms with E-state index < -0.39 is 0 Å². The van der Waals surface area contributed by atoms with E-state index in [0.29, 0.717) is 0 Å². The summed E-state index contributed by atoms with van der Waals surface area (Å²) in [6.45, 7) is 19.8. The topological polar surface area (TPSA) is 13.1 Å². The van der Waals surface area contributed by atoms with Crippen LogP contribution in [0.1, 0.15) is 304 Å². The van der Waals surface area contributed by atoms with Crippen molar-refractivity contribution in [3.05, 3.63) is 238 Å². The van der Waals surface area contributed by atoms with E-state index in [9.17, 15) is 0 Å². The van der Waals surface area contributed by atoms with Gasteiger partial charge in [0.2, 0.25) is 0 Å². The van der Waals surface area contributed by atoms with Gasteiger partial charge in [0.05, 0.1) is 0 Å². The van der Waals surface area contributed by atoms with Crippen molar-refractivity contribution in [3.63, 3.8) is 0 Å². The first-order valence-corrected chi connectivity index (χ1v) is 42.8. The first-order chi connectivity index (χ1) is 51.9. The average molecular weight is 1390 g/mol. The minimum Gasteiger partial charge on any atom is -0.455 e. The smallest absolute Gasteiger partial charge is 0.143 e. The monoisotopic (exact) mass is 1390 g/mol. The first kappa shape index (κ1) is 70.7. The first-order valence-electron chi connectivity index (χ1n) is 42.8. The zero-order chi connectivity index (χ0) is 72.3. The average Bonchev–Trinajstić information content (AvgIpc) is 1.55. The second kappa shape index (κ2) is 29.4. The number of hydrogen-bond donors (Lipinski definition) is 0. The molecule has 0 radical (unpaired) electrons. The molecule has 0 saturated carbocycles. The molecule has 542 valence electrons. The fourth-order valence-electron chi connectivity index (χ4n) is 21.9. The van der Waals surface area contributed by atoms with Gasteiger partial charge in [0.15, 0.2) is 0 Å². The van der Waals surface area contributed by atoms with E-state index in [0.717, 1.165) is 17.6 Å². The SMILES string of the molecule is CCCCCCCCCC1(CCCCCCCCC)c2cc3c(cc2-c2cc4c(cc21)-c1cc2c(cc1C4(CCCCCCCC)CCCCCCCC)-c1c(cc(-c4cccc5c4Cc4ccccc4-5)c4ccccc14)C2(C)C)C(C)(C)c1cc(-c2cccc4c2oc2ccccc24)c2ccccc2c1-3. The molecule has 0 N–H and O–H groups in total. The number of fused-ring (bicyclic) bond motifs is 22. The van der Waals surface area contributed by atoms with Gasteiger partial charge in [-0.1, -0.05) is 350 Å². The number of hydrogen-bond acceptors (Lipinski definition) is 1. The van der Waals surface area contributed by atoms with Crippen molar-refractivity contribution in [2.24, 2.45) is 0 Å². The minimum atomic E-state index is -0.267. The Morgan fingerprint density at radius 2 is 0.575 bits per heavy atom. The molecule has 0 unspecified atom stereocenters. The van der Waals surface area contributed by atoms with E-state index in [-0.39, 0.29) is 21.7 Å². The Bertz CT molecular complexity index is 5270. The maximum absolute atomic E-state index is 6.90. The van der Waals surface area contributed by atoms with Crippen molar-refractivity contribution in [1.82, 2.24) is 0 Å². The second-order valence-corrected chi connectivity index (χ2v) is 34.8. The van der Waals surface area contributed by atoms with E-state index in [4.69, 9.17) is 4.42 Å². The molecule has 1 heteroatoms. The molecular formula is C105H116O. The summed E-state index contributed by atoms with van der Waals surface area (Å²) < 4.78 is 6.90. The molecule has 106 heavy (non-hydrogen) atoms. The molecule has 5 aliphatic carbocycles. The van der Waals surface area contributed by atoms with Gasteiger partial charge in [0.1, 0.15) is 11.2 Å². The molecule has 0 atom stereocenters. The fraction of sp³-hybridized carbons (Fsp3) is 0.410. The van der Waals surface area contributed by atoms with Crippen molar-refractivity contribution in [3.8, 4) is 77.9 Å². The molecule has 17 rings (SSSR count). The number of furan rings is 1. The molecular weight excluding hydrogens is 1280 g/mol. The molecule has 12 aromatic rings. The maximum atomic E-state index is 6.90. The van der Waals surface area contributed by atoms with Crippen LogP contribution in [0.2, 0.25) is 0 Å². The van der Waals surface area contributed by atoms with Crippen LogP contribution in [0.4, 0.5) is 0 Å². The molecule has 0 amide bonds. The highest BCUT2D eigenvalue weighted by molar-refractivity contribution is 6.16. The standard InChI is InChI=1S/C105H116O/c1-9-13-17-21-25-29-41-59-105(60-42-30-26-22-18-14-10-2)93-67-86-84-64-90-88(99-77-50-35-33-47-73(77)82(62-96(99)102(90,5)6)75-53-43-52-72-71-46-32-31-45-70(71)61-81(72)75)68-94(84)104(57-39-27-23-19-15-11-3,58-40-28-24-20-16-12-4)92(86)66-87(93)85-65-91-89(69-95(85)105)100-78-51-36-34-48-74(78)83(63-97(100)103(91,7)8)80-55-44-54-79-76-49-37-38-56-98(76)106-101(79)80/h31-38,43-56,62-69H,9-30,39-42,57-61H2,1-8H3. The lowest BCUT2D eigenvalue weighted by Gasteiger charge is -2.35. The van der Waals surface area contributed by atoms with E-state index in [1.165, 1.54) is 320 Å². The van der Waals surface area contributed by atoms with Crippen molar-refractivity contribution in [2.75, 3.05) is 0 Å². The predicted molar refractivity (Wildman–Crippen MR) is 457 cm³/mol. The van der Waals surface area contributed by atoms with Crippen molar-refractivity contribution < 1.29 is 4.42 Å². The van der Waals surface area contributed by atoms with Crippen molar-refractivity contribution >= 4 is 43.5 Å². The Balaban J connectivity index is 0.876. The Morgan fingerprint density at radius 1 is 0.255 bits per heavy atom. The molecule has 5 aliphatic rings. The summed E-state index contributed by atoms with van der Waals surface area (Å²) in [5.74, 6) is 0. The Hall–Kier alpha value is -8.26. The summed E-state index contributed by atoms with van der Waals surface area (Å²) in [5, 5.41) is 7.81. The van der Waals surface area contributed by atoms with Crippen molar-refractivity contribution in [2.45, 2.75) is 276 Å². The van der Waals surface area contributed by atoms with Crippen LogP contribution in [-0.4, -0.2) is 0 Å². The third-order valence-electron chi connectivity index (χ3n) is 27.6. The van der Waals surface area contributed by atoms with Gasteiger partial charge in [-0.05, 0) is 236 Å². The largest absolute Gasteiger partial charge is 0.455 e.